The minimum atomic E-state index is -0.665. The number of aromatic nitrogens is 2. The fraction of sp³-hybridized carbons (Fsp3) is 0.500. The second-order valence-corrected chi connectivity index (χ2v) is 12.6. The molecule has 10 heteroatoms. The van der Waals surface area contributed by atoms with Gasteiger partial charge in [0.15, 0.2) is 0 Å². The van der Waals surface area contributed by atoms with Crippen LogP contribution >= 0.6 is 0 Å². The fourth-order valence-electron chi connectivity index (χ4n) is 5.97. The maximum absolute atomic E-state index is 13.0. The Balaban J connectivity index is 1.12. The lowest BCUT2D eigenvalue weighted by atomic mass is 9.90. The number of hydrogen-bond acceptors (Lipinski definition) is 6. The first-order chi connectivity index (χ1) is 20.0. The lowest BCUT2D eigenvalue weighted by Crippen LogP contribution is -2.44. The number of anilines is 1. The quantitative estimate of drug-likeness (QED) is 0.401. The fourth-order valence-corrected chi connectivity index (χ4v) is 5.97. The smallest absolute Gasteiger partial charge is 0.412 e. The van der Waals surface area contributed by atoms with Crippen molar-refractivity contribution < 1.29 is 19.1 Å². The molecular weight excluding hydrogens is 534 g/mol. The normalized spacial score (nSPS) is 18.7. The van der Waals surface area contributed by atoms with Gasteiger partial charge in [-0.15, -0.1) is 0 Å². The van der Waals surface area contributed by atoms with E-state index in [2.05, 4.69) is 39.8 Å². The highest BCUT2D eigenvalue weighted by atomic mass is 16.6. The average molecular weight is 576 g/mol. The highest BCUT2D eigenvalue weighted by Gasteiger charge is 2.31. The molecule has 2 N–H and O–H groups in total. The van der Waals surface area contributed by atoms with E-state index in [9.17, 15) is 19.2 Å². The summed E-state index contributed by atoms with van der Waals surface area (Å²) in [6.07, 6.45) is 4.43. The van der Waals surface area contributed by atoms with Gasteiger partial charge in [-0.05, 0) is 107 Å². The van der Waals surface area contributed by atoms with E-state index in [-0.39, 0.29) is 18.0 Å². The maximum Gasteiger partial charge on any atom is 0.412 e. The standard InChI is InChI=1S/C32H41N5O5/c1-32(2,3)42-30(40)33-24-10-7-23(8-11-24)20-36-17-15-21(16-18-36)5-6-22-9-12-25-27(19-22)35(4)31(41)37(25)26-13-14-28(38)34-29(26)39/h7-12,19,21,26H,5-6,13-18,20H2,1-4H3,(H,33,40)(H,34,38,39). The molecule has 2 aliphatic heterocycles. The highest BCUT2D eigenvalue weighted by molar-refractivity contribution is 6.00. The Bertz CT molecular complexity index is 1520. The van der Waals surface area contributed by atoms with Crippen LogP contribution in [0, 0.1) is 5.92 Å². The van der Waals surface area contributed by atoms with Gasteiger partial charge >= 0.3 is 11.8 Å². The van der Waals surface area contributed by atoms with E-state index in [1.807, 2.05) is 39.0 Å². The van der Waals surface area contributed by atoms with Crippen molar-refractivity contribution in [3.8, 4) is 0 Å². The predicted octanol–water partition coefficient (Wildman–Crippen LogP) is 4.51. The first-order valence-corrected chi connectivity index (χ1v) is 14.8. The lowest BCUT2D eigenvalue weighted by Gasteiger charge is -2.32. The van der Waals surface area contributed by atoms with Crippen molar-refractivity contribution in [3.63, 3.8) is 0 Å². The van der Waals surface area contributed by atoms with Gasteiger partial charge in [-0.25, -0.2) is 9.59 Å². The van der Waals surface area contributed by atoms with E-state index in [0.717, 1.165) is 62.0 Å². The summed E-state index contributed by atoms with van der Waals surface area (Å²) in [4.78, 5) is 51.5. The Kier molecular flexibility index (Phi) is 8.54. The molecule has 2 saturated heterocycles. The number of likely N-dealkylation sites (tertiary alicyclic amines) is 1. The minimum Gasteiger partial charge on any atom is -0.444 e. The number of fused-ring (bicyclic) bond motifs is 1. The third-order valence-electron chi connectivity index (χ3n) is 8.23. The number of piperidine rings is 2. The molecule has 3 amide bonds. The van der Waals surface area contributed by atoms with Crippen LogP contribution in [-0.4, -0.2) is 50.6 Å². The number of imide groups is 1. The number of amides is 3. The molecule has 0 aliphatic carbocycles. The van der Waals surface area contributed by atoms with E-state index >= 15 is 0 Å². The number of hydrogen-bond donors (Lipinski definition) is 2. The molecule has 42 heavy (non-hydrogen) atoms. The second-order valence-electron chi connectivity index (χ2n) is 12.6. The Hall–Kier alpha value is -3.92. The van der Waals surface area contributed by atoms with Gasteiger partial charge in [-0.2, -0.15) is 0 Å². The van der Waals surface area contributed by atoms with Crippen molar-refractivity contribution in [1.29, 1.82) is 0 Å². The van der Waals surface area contributed by atoms with Crippen molar-refractivity contribution in [2.75, 3.05) is 18.4 Å². The van der Waals surface area contributed by atoms with E-state index in [4.69, 9.17) is 4.74 Å². The highest BCUT2D eigenvalue weighted by Crippen LogP contribution is 2.27. The topological polar surface area (TPSA) is 115 Å². The van der Waals surface area contributed by atoms with Crippen LogP contribution in [0.1, 0.15) is 70.0 Å². The molecule has 2 fully saturated rings. The number of rotatable bonds is 7. The molecule has 1 unspecified atom stereocenters. The molecule has 2 aromatic carbocycles. The number of imidazole rings is 1. The Morgan fingerprint density at radius 2 is 1.67 bits per heavy atom. The van der Waals surface area contributed by atoms with Gasteiger partial charge in [0.1, 0.15) is 11.6 Å². The largest absolute Gasteiger partial charge is 0.444 e. The first-order valence-electron chi connectivity index (χ1n) is 14.8. The zero-order valence-corrected chi connectivity index (χ0v) is 24.9. The third kappa shape index (κ3) is 6.92. The molecule has 224 valence electrons. The van der Waals surface area contributed by atoms with Crippen LogP contribution in [0.2, 0.25) is 0 Å². The molecule has 0 spiro atoms. The van der Waals surface area contributed by atoms with E-state index in [0.29, 0.717) is 12.3 Å². The molecular formula is C32H41N5O5. The van der Waals surface area contributed by atoms with Crippen LogP contribution in [-0.2, 0) is 34.3 Å². The number of nitrogens with one attached hydrogen (secondary N) is 2. The molecule has 0 bridgehead atoms. The minimum absolute atomic E-state index is 0.232. The third-order valence-corrected chi connectivity index (χ3v) is 8.23. The lowest BCUT2D eigenvalue weighted by molar-refractivity contribution is -0.135. The van der Waals surface area contributed by atoms with Crippen LogP contribution < -0.4 is 16.3 Å². The first kappa shape index (κ1) is 29.6. The number of benzene rings is 2. The van der Waals surface area contributed by atoms with Gasteiger partial charge in [0.2, 0.25) is 11.8 Å². The Labute approximate surface area is 246 Å². The van der Waals surface area contributed by atoms with Gasteiger partial charge in [0, 0.05) is 25.7 Å². The number of carbonyl (C=O) groups excluding carboxylic acids is 3. The summed E-state index contributed by atoms with van der Waals surface area (Å²) in [5, 5.41) is 5.14. The summed E-state index contributed by atoms with van der Waals surface area (Å²) in [5.41, 5.74) is 3.88. The predicted molar refractivity (Wildman–Crippen MR) is 161 cm³/mol. The second kappa shape index (κ2) is 12.1. The summed E-state index contributed by atoms with van der Waals surface area (Å²) in [5.74, 6) is -0.0567. The van der Waals surface area contributed by atoms with E-state index < -0.39 is 23.6 Å². The molecule has 3 heterocycles. The Morgan fingerprint density at radius 3 is 2.33 bits per heavy atom. The van der Waals surface area contributed by atoms with Crippen molar-refractivity contribution in [1.82, 2.24) is 19.4 Å². The molecule has 0 radical (unpaired) electrons. The number of nitrogens with zero attached hydrogens (tertiary/aromatic N) is 3. The van der Waals surface area contributed by atoms with E-state index in [1.165, 1.54) is 15.7 Å². The van der Waals surface area contributed by atoms with Crippen molar-refractivity contribution in [2.45, 2.75) is 77.5 Å². The zero-order chi connectivity index (χ0) is 30.0. The molecule has 10 nitrogen and oxygen atoms in total. The van der Waals surface area contributed by atoms with Crippen molar-refractivity contribution >= 4 is 34.6 Å². The summed E-state index contributed by atoms with van der Waals surface area (Å²) in [6, 6.07) is 13.3. The summed E-state index contributed by atoms with van der Waals surface area (Å²) in [6.45, 7) is 8.50. The monoisotopic (exact) mass is 575 g/mol. The van der Waals surface area contributed by atoms with Crippen molar-refractivity contribution in [3.05, 3.63) is 64.1 Å². The van der Waals surface area contributed by atoms with Crippen molar-refractivity contribution in [2.24, 2.45) is 13.0 Å². The SMILES string of the molecule is Cn1c(=O)n(C2CCC(=O)NC2=O)c2ccc(CCC3CCN(Cc4ccc(NC(=O)OC(C)(C)C)cc4)CC3)cc21. The van der Waals surface area contributed by atoms with Crippen LogP contribution in [0.15, 0.2) is 47.3 Å². The van der Waals surface area contributed by atoms with Gasteiger partial charge in [-0.1, -0.05) is 18.2 Å². The number of aryl methyl sites for hydroxylation is 2. The van der Waals surface area contributed by atoms with E-state index in [1.54, 1.807) is 11.6 Å². The van der Waals surface area contributed by atoms with Gasteiger partial charge in [0.25, 0.3) is 0 Å². The van der Waals surface area contributed by atoms with Gasteiger partial charge < -0.3 is 4.74 Å². The van der Waals surface area contributed by atoms with Crippen LogP contribution in [0.25, 0.3) is 11.0 Å². The molecule has 1 aromatic heterocycles. The van der Waals surface area contributed by atoms with Crippen LogP contribution in [0.4, 0.5) is 10.5 Å². The zero-order valence-electron chi connectivity index (χ0n) is 24.9. The van der Waals surface area contributed by atoms with Crippen LogP contribution in [0.3, 0.4) is 0 Å². The summed E-state index contributed by atoms with van der Waals surface area (Å²) in [7, 11) is 1.73. The molecule has 3 aromatic rings. The van der Waals surface area contributed by atoms with Crippen LogP contribution in [0.5, 0.6) is 0 Å². The molecule has 1 atom stereocenters. The maximum atomic E-state index is 13.0. The van der Waals surface area contributed by atoms with Gasteiger partial charge in [-0.3, -0.25) is 34.3 Å². The molecule has 0 saturated carbocycles. The number of carbonyl (C=O) groups is 3. The van der Waals surface area contributed by atoms with Gasteiger partial charge in [0.05, 0.1) is 11.0 Å². The summed E-state index contributed by atoms with van der Waals surface area (Å²) >= 11 is 0. The number of ether oxygens (including phenoxy) is 1. The molecule has 5 rings (SSSR count). The Morgan fingerprint density at radius 1 is 0.976 bits per heavy atom. The summed E-state index contributed by atoms with van der Waals surface area (Å²) < 4.78 is 8.44. The molecule has 2 aliphatic rings. The average Bonchev–Trinajstić information content (AvgIpc) is 3.17.